The van der Waals surface area contributed by atoms with Crippen LogP contribution < -0.4 is 5.73 Å². The lowest BCUT2D eigenvalue weighted by molar-refractivity contribution is -0.137. The van der Waals surface area contributed by atoms with Crippen LogP contribution in [-0.2, 0) is 11.3 Å². The number of amides is 1. The van der Waals surface area contributed by atoms with Crippen molar-refractivity contribution in [3.05, 3.63) is 34.3 Å². The Hall–Kier alpha value is -0.580. The first kappa shape index (κ1) is 18.8. The van der Waals surface area contributed by atoms with Crippen LogP contribution in [0.15, 0.2) is 28.7 Å². The Morgan fingerprint density at radius 3 is 2.35 bits per heavy atom. The molecule has 2 fully saturated rings. The fourth-order valence-corrected chi connectivity index (χ4v) is 4.51. The number of hydrogen-bond acceptors (Lipinski definition) is 2. The minimum atomic E-state index is 0. The van der Waals surface area contributed by atoms with Crippen LogP contribution in [0.3, 0.4) is 0 Å². The Bertz CT molecular complexity index is 522. The zero-order chi connectivity index (χ0) is 15.7. The third-order valence-corrected chi connectivity index (χ3v) is 6.00. The van der Waals surface area contributed by atoms with Crippen molar-refractivity contribution in [1.82, 2.24) is 4.90 Å². The molecule has 1 amide bonds. The molecule has 2 aliphatic rings. The Labute approximate surface area is 153 Å². The average molecular weight is 402 g/mol. The van der Waals surface area contributed by atoms with Gasteiger partial charge in [0, 0.05) is 30.0 Å². The van der Waals surface area contributed by atoms with Gasteiger partial charge in [0.15, 0.2) is 0 Å². The van der Waals surface area contributed by atoms with E-state index in [1.807, 2.05) is 24.1 Å². The molecule has 128 valence electrons. The zero-order valence-electron chi connectivity index (χ0n) is 13.6. The maximum absolute atomic E-state index is 12.8. The first-order chi connectivity index (χ1) is 10.5. The highest BCUT2D eigenvalue weighted by Crippen LogP contribution is 2.42. The largest absolute Gasteiger partial charge is 0.341 e. The van der Waals surface area contributed by atoms with Gasteiger partial charge in [-0.25, -0.2) is 0 Å². The van der Waals surface area contributed by atoms with Crippen LogP contribution in [-0.4, -0.2) is 23.9 Å². The maximum Gasteiger partial charge on any atom is 0.225 e. The molecular formula is C18H26BrClN2O. The smallest absolute Gasteiger partial charge is 0.225 e. The number of halogens is 2. The molecule has 0 aliphatic heterocycles. The van der Waals surface area contributed by atoms with E-state index in [0.717, 1.165) is 17.3 Å². The molecule has 0 spiro atoms. The van der Waals surface area contributed by atoms with Gasteiger partial charge in [0.05, 0.1) is 0 Å². The summed E-state index contributed by atoms with van der Waals surface area (Å²) in [5, 5.41) is 0. The fraction of sp³-hybridized carbons (Fsp3) is 0.611. The molecule has 0 saturated heterocycles. The molecule has 2 N–H and O–H groups in total. The summed E-state index contributed by atoms with van der Waals surface area (Å²) in [5.74, 6) is 1.59. The molecule has 3 rings (SSSR count). The van der Waals surface area contributed by atoms with Crippen molar-refractivity contribution in [3.8, 4) is 0 Å². The second kappa shape index (κ2) is 8.00. The van der Waals surface area contributed by atoms with Crippen LogP contribution in [0, 0.1) is 17.8 Å². The Morgan fingerprint density at radius 1 is 1.22 bits per heavy atom. The lowest BCUT2D eigenvalue weighted by Gasteiger charge is -2.44. The van der Waals surface area contributed by atoms with E-state index in [-0.39, 0.29) is 18.3 Å². The molecule has 2 bridgehead atoms. The van der Waals surface area contributed by atoms with Crippen molar-refractivity contribution in [2.24, 2.45) is 23.5 Å². The van der Waals surface area contributed by atoms with E-state index in [4.69, 9.17) is 5.73 Å². The third kappa shape index (κ3) is 4.28. The lowest BCUT2D eigenvalue weighted by atomic mass is 9.65. The quantitative estimate of drug-likeness (QED) is 0.832. The zero-order valence-corrected chi connectivity index (χ0v) is 16.0. The molecule has 1 aromatic rings. The van der Waals surface area contributed by atoms with Crippen LogP contribution in [0.1, 0.15) is 37.7 Å². The van der Waals surface area contributed by atoms with E-state index in [9.17, 15) is 4.79 Å². The molecule has 2 aliphatic carbocycles. The lowest BCUT2D eigenvalue weighted by Crippen LogP contribution is -2.49. The first-order valence-corrected chi connectivity index (χ1v) is 9.09. The van der Waals surface area contributed by atoms with Gasteiger partial charge >= 0.3 is 0 Å². The van der Waals surface area contributed by atoms with Crippen molar-refractivity contribution in [1.29, 1.82) is 0 Å². The Kier molecular flexibility index (Phi) is 6.52. The molecule has 0 aromatic heterocycles. The highest BCUT2D eigenvalue weighted by molar-refractivity contribution is 9.10. The number of benzene rings is 1. The van der Waals surface area contributed by atoms with Crippen LogP contribution >= 0.6 is 28.3 Å². The predicted molar refractivity (Wildman–Crippen MR) is 99.4 cm³/mol. The standard InChI is InChI=1S/C18H25BrN2O.ClH/c1-21(11-12-5-7-16(19)8-6-12)18(22)15-9-13-3-2-4-14(10-15)17(13)20;/h5-8,13-15,17H,2-4,9-11,20H2,1H3;1H. The van der Waals surface area contributed by atoms with Gasteiger partial charge in [-0.1, -0.05) is 34.5 Å². The second-order valence-corrected chi connectivity index (χ2v) is 7.93. The van der Waals surface area contributed by atoms with Crippen LogP contribution in [0.25, 0.3) is 0 Å². The molecule has 2 atom stereocenters. The summed E-state index contributed by atoms with van der Waals surface area (Å²) in [6.07, 6.45) is 5.68. The Morgan fingerprint density at radius 2 is 1.78 bits per heavy atom. The summed E-state index contributed by atoms with van der Waals surface area (Å²) >= 11 is 3.44. The molecule has 2 saturated carbocycles. The number of rotatable bonds is 3. The van der Waals surface area contributed by atoms with Gasteiger partial charge in [0.1, 0.15) is 0 Å². The molecule has 0 radical (unpaired) electrons. The molecular weight excluding hydrogens is 376 g/mol. The number of hydrogen-bond donors (Lipinski definition) is 1. The van der Waals surface area contributed by atoms with E-state index >= 15 is 0 Å². The molecule has 0 heterocycles. The summed E-state index contributed by atoms with van der Waals surface area (Å²) in [6.45, 7) is 0.685. The monoisotopic (exact) mass is 400 g/mol. The van der Waals surface area contributed by atoms with Gasteiger partial charge in [-0.2, -0.15) is 0 Å². The van der Waals surface area contributed by atoms with Gasteiger partial charge < -0.3 is 10.6 Å². The summed E-state index contributed by atoms with van der Waals surface area (Å²) in [5.41, 5.74) is 7.50. The van der Waals surface area contributed by atoms with Crippen molar-refractivity contribution in [3.63, 3.8) is 0 Å². The van der Waals surface area contributed by atoms with E-state index in [1.54, 1.807) is 0 Å². The number of nitrogens with zero attached hydrogens (tertiary/aromatic N) is 1. The third-order valence-electron chi connectivity index (χ3n) is 5.47. The summed E-state index contributed by atoms with van der Waals surface area (Å²) < 4.78 is 1.07. The van der Waals surface area contributed by atoms with Crippen LogP contribution in [0.4, 0.5) is 0 Å². The molecule has 2 unspecified atom stereocenters. The van der Waals surface area contributed by atoms with Gasteiger partial charge in [0.25, 0.3) is 0 Å². The van der Waals surface area contributed by atoms with Crippen LogP contribution in [0.2, 0.25) is 0 Å². The number of nitrogens with two attached hydrogens (primary N) is 1. The van der Waals surface area contributed by atoms with E-state index in [1.165, 1.54) is 24.8 Å². The number of carbonyl (C=O) groups excluding carboxylic acids is 1. The SMILES string of the molecule is CN(Cc1ccc(Br)cc1)C(=O)C1CC2CCCC(C1)C2N.Cl. The summed E-state index contributed by atoms with van der Waals surface area (Å²) in [7, 11) is 1.93. The first-order valence-electron chi connectivity index (χ1n) is 8.29. The van der Waals surface area contributed by atoms with Crippen molar-refractivity contribution >= 4 is 34.2 Å². The van der Waals surface area contributed by atoms with E-state index in [2.05, 4.69) is 28.1 Å². The van der Waals surface area contributed by atoms with Crippen molar-refractivity contribution < 1.29 is 4.79 Å². The van der Waals surface area contributed by atoms with Gasteiger partial charge in [-0.05, 0) is 55.2 Å². The predicted octanol–water partition coefficient (Wildman–Crippen LogP) is 3.98. The fourth-order valence-electron chi connectivity index (χ4n) is 4.24. The molecule has 23 heavy (non-hydrogen) atoms. The highest BCUT2D eigenvalue weighted by atomic mass is 79.9. The van der Waals surface area contributed by atoms with Crippen molar-refractivity contribution in [2.45, 2.75) is 44.7 Å². The molecule has 3 nitrogen and oxygen atoms in total. The second-order valence-electron chi connectivity index (χ2n) is 7.02. The summed E-state index contributed by atoms with van der Waals surface area (Å²) in [4.78, 5) is 14.7. The summed E-state index contributed by atoms with van der Waals surface area (Å²) in [6, 6.07) is 8.52. The topological polar surface area (TPSA) is 46.3 Å². The average Bonchev–Trinajstić information content (AvgIpc) is 2.48. The van der Waals surface area contributed by atoms with E-state index < -0.39 is 0 Å². The molecule has 5 heteroatoms. The number of fused-ring (bicyclic) bond motifs is 2. The van der Waals surface area contributed by atoms with E-state index in [0.29, 0.717) is 30.3 Å². The number of carbonyl (C=O) groups is 1. The normalized spacial score (nSPS) is 29.5. The van der Waals surface area contributed by atoms with Gasteiger partial charge in [-0.15, -0.1) is 12.4 Å². The van der Waals surface area contributed by atoms with Gasteiger partial charge in [0.2, 0.25) is 5.91 Å². The minimum absolute atomic E-state index is 0. The highest BCUT2D eigenvalue weighted by Gasteiger charge is 2.41. The minimum Gasteiger partial charge on any atom is -0.341 e. The Balaban J connectivity index is 0.00000192. The molecule has 1 aromatic carbocycles. The van der Waals surface area contributed by atoms with Crippen LogP contribution in [0.5, 0.6) is 0 Å². The van der Waals surface area contributed by atoms with Crippen molar-refractivity contribution in [2.75, 3.05) is 7.05 Å². The van der Waals surface area contributed by atoms with Gasteiger partial charge in [-0.3, -0.25) is 4.79 Å². The maximum atomic E-state index is 12.8.